The van der Waals surface area contributed by atoms with Crippen LogP contribution in [0.1, 0.15) is 44.1 Å². The van der Waals surface area contributed by atoms with Crippen molar-refractivity contribution in [1.29, 1.82) is 0 Å². The second-order valence-electron chi connectivity index (χ2n) is 9.54. The van der Waals surface area contributed by atoms with Gasteiger partial charge in [-0.1, -0.05) is 6.07 Å². The van der Waals surface area contributed by atoms with Gasteiger partial charge in [0.25, 0.3) is 0 Å². The molecule has 2 amide bonds. The van der Waals surface area contributed by atoms with E-state index in [9.17, 15) is 4.79 Å². The summed E-state index contributed by atoms with van der Waals surface area (Å²) in [6, 6.07) is 3.94. The summed E-state index contributed by atoms with van der Waals surface area (Å²) in [5.41, 5.74) is 1.44. The zero-order valence-corrected chi connectivity index (χ0v) is 16.7. The third kappa shape index (κ3) is 3.71. The van der Waals surface area contributed by atoms with Gasteiger partial charge in [-0.3, -0.25) is 0 Å². The van der Waals surface area contributed by atoms with Crippen molar-refractivity contribution < 1.29 is 9.53 Å². The maximum Gasteiger partial charge on any atom is 0.315 e. The smallest absolute Gasteiger partial charge is 0.315 e. The summed E-state index contributed by atoms with van der Waals surface area (Å²) >= 11 is 0. The molecule has 2 N–H and O–H groups in total. The number of nitrogens with one attached hydrogen (secondary N) is 2. The molecule has 6 heteroatoms. The lowest BCUT2D eigenvalue weighted by Crippen LogP contribution is -2.52. The van der Waals surface area contributed by atoms with Crippen molar-refractivity contribution in [3.63, 3.8) is 0 Å². The van der Waals surface area contributed by atoms with Gasteiger partial charge in [0.15, 0.2) is 0 Å². The minimum atomic E-state index is -0.0486. The molecule has 152 valence electrons. The molecule has 6 nitrogen and oxygen atoms in total. The summed E-state index contributed by atoms with van der Waals surface area (Å²) in [6.07, 6.45) is 10.1. The van der Waals surface area contributed by atoms with Crippen LogP contribution in [0.4, 0.5) is 10.6 Å². The zero-order chi connectivity index (χ0) is 19.0. The van der Waals surface area contributed by atoms with Crippen molar-refractivity contribution in [2.75, 3.05) is 37.7 Å². The molecule has 28 heavy (non-hydrogen) atoms. The summed E-state index contributed by atoms with van der Waals surface area (Å²) < 4.78 is 5.44. The Morgan fingerprint density at radius 1 is 1.11 bits per heavy atom. The van der Waals surface area contributed by atoms with Crippen LogP contribution in [0, 0.1) is 23.2 Å². The Morgan fingerprint density at radius 2 is 1.79 bits per heavy atom. The fourth-order valence-electron chi connectivity index (χ4n) is 6.64. The van der Waals surface area contributed by atoms with Crippen LogP contribution in [-0.2, 0) is 11.3 Å². The second-order valence-corrected chi connectivity index (χ2v) is 9.54. The molecule has 5 aliphatic rings. The molecular formula is C22H32N4O2. The first kappa shape index (κ1) is 18.2. The highest BCUT2D eigenvalue weighted by atomic mass is 16.5. The maximum atomic E-state index is 12.5. The van der Waals surface area contributed by atoms with E-state index in [0.29, 0.717) is 12.0 Å². The van der Waals surface area contributed by atoms with Gasteiger partial charge in [0.05, 0.1) is 13.2 Å². The zero-order valence-electron chi connectivity index (χ0n) is 16.7. The fraction of sp³-hybridized carbons (Fsp3) is 0.727. The number of aromatic nitrogens is 1. The molecule has 0 spiro atoms. The lowest BCUT2D eigenvalue weighted by atomic mass is 9.49. The van der Waals surface area contributed by atoms with Crippen molar-refractivity contribution >= 4 is 11.8 Å². The molecule has 4 saturated carbocycles. The Balaban J connectivity index is 1.15. The van der Waals surface area contributed by atoms with Crippen LogP contribution in [0.15, 0.2) is 18.3 Å². The van der Waals surface area contributed by atoms with Crippen LogP contribution in [0.25, 0.3) is 0 Å². The van der Waals surface area contributed by atoms with Crippen molar-refractivity contribution in [2.24, 2.45) is 23.2 Å². The third-order valence-corrected chi connectivity index (χ3v) is 7.41. The van der Waals surface area contributed by atoms with E-state index in [2.05, 4.69) is 26.6 Å². The highest BCUT2D eigenvalue weighted by Gasteiger charge is 2.50. The van der Waals surface area contributed by atoms with Crippen LogP contribution in [0.3, 0.4) is 0 Å². The molecular weight excluding hydrogens is 352 g/mol. The maximum absolute atomic E-state index is 12.5. The fourth-order valence-corrected chi connectivity index (χ4v) is 6.64. The quantitative estimate of drug-likeness (QED) is 0.819. The summed E-state index contributed by atoms with van der Waals surface area (Å²) in [6.45, 7) is 4.51. The molecule has 5 fully saturated rings. The minimum absolute atomic E-state index is 0.0486. The number of carbonyl (C=O) groups is 1. The first-order valence-corrected chi connectivity index (χ1v) is 11.0. The molecule has 2 heterocycles. The van der Waals surface area contributed by atoms with Crippen LogP contribution in [0.5, 0.6) is 0 Å². The standard InChI is InChI=1S/C22H32N4O2/c27-21(25-15-22-11-16-8-17(12-22)10-18(9-16)13-22)24-14-19-2-1-3-23-20(19)26-4-6-28-7-5-26/h1-3,16-18H,4-15H2,(H2,24,25,27). The van der Waals surface area contributed by atoms with E-state index < -0.39 is 0 Å². The summed E-state index contributed by atoms with van der Waals surface area (Å²) in [7, 11) is 0. The van der Waals surface area contributed by atoms with Gasteiger partial charge >= 0.3 is 6.03 Å². The molecule has 0 unspecified atom stereocenters. The minimum Gasteiger partial charge on any atom is -0.378 e. The molecule has 4 aliphatic carbocycles. The van der Waals surface area contributed by atoms with Crippen molar-refractivity contribution in [1.82, 2.24) is 15.6 Å². The molecule has 1 aromatic heterocycles. The molecule has 1 aromatic rings. The van der Waals surface area contributed by atoms with E-state index in [1.54, 1.807) is 0 Å². The molecule has 6 rings (SSSR count). The molecule has 0 radical (unpaired) electrons. The third-order valence-electron chi connectivity index (χ3n) is 7.41. The van der Waals surface area contributed by atoms with Gasteiger partial charge in [-0.2, -0.15) is 0 Å². The number of anilines is 1. The van der Waals surface area contributed by atoms with E-state index in [0.717, 1.165) is 62.0 Å². The number of amides is 2. The van der Waals surface area contributed by atoms with Gasteiger partial charge in [-0.15, -0.1) is 0 Å². The van der Waals surface area contributed by atoms with E-state index in [1.807, 2.05) is 12.3 Å². The topological polar surface area (TPSA) is 66.5 Å². The van der Waals surface area contributed by atoms with E-state index in [-0.39, 0.29) is 6.03 Å². The number of rotatable bonds is 5. The number of carbonyl (C=O) groups excluding carboxylic acids is 1. The highest BCUT2D eigenvalue weighted by Crippen LogP contribution is 2.59. The number of pyridine rings is 1. The summed E-state index contributed by atoms with van der Waals surface area (Å²) in [5, 5.41) is 6.27. The summed E-state index contributed by atoms with van der Waals surface area (Å²) in [4.78, 5) is 19.3. The van der Waals surface area contributed by atoms with Gasteiger partial charge in [0.1, 0.15) is 5.82 Å². The normalized spacial score (nSPS) is 33.7. The van der Waals surface area contributed by atoms with Crippen LogP contribution in [-0.4, -0.2) is 43.9 Å². The molecule has 0 aromatic carbocycles. The van der Waals surface area contributed by atoms with E-state index in [4.69, 9.17) is 4.74 Å². The number of urea groups is 1. The van der Waals surface area contributed by atoms with Crippen molar-refractivity contribution in [3.8, 4) is 0 Å². The van der Waals surface area contributed by atoms with Gasteiger partial charge in [0, 0.05) is 37.9 Å². The largest absolute Gasteiger partial charge is 0.378 e. The Hall–Kier alpha value is -1.82. The average molecular weight is 385 g/mol. The predicted molar refractivity (Wildman–Crippen MR) is 108 cm³/mol. The van der Waals surface area contributed by atoms with Crippen LogP contribution in [0.2, 0.25) is 0 Å². The Kier molecular flexibility index (Phi) is 4.91. The van der Waals surface area contributed by atoms with Crippen molar-refractivity contribution in [3.05, 3.63) is 23.9 Å². The van der Waals surface area contributed by atoms with Crippen LogP contribution >= 0.6 is 0 Å². The number of nitrogens with zero attached hydrogens (tertiary/aromatic N) is 2. The summed E-state index contributed by atoms with van der Waals surface area (Å²) in [5.74, 6) is 3.72. The molecule has 4 bridgehead atoms. The number of morpholine rings is 1. The lowest BCUT2D eigenvalue weighted by Gasteiger charge is -2.56. The van der Waals surface area contributed by atoms with E-state index in [1.165, 1.54) is 38.5 Å². The highest BCUT2D eigenvalue weighted by molar-refractivity contribution is 5.74. The van der Waals surface area contributed by atoms with Gasteiger partial charge in [-0.25, -0.2) is 9.78 Å². The Morgan fingerprint density at radius 3 is 2.46 bits per heavy atom. The molecule has 1 aliphatic heterocycles. The predicted octanol–water partition coefficient (Wildman–Crippen LogP) is 2.93. The number of hydrogen-bond acceptors (Lipinski definition) is 4. The van der Waals surface area contributed by atoms with Crippen molar-refractivity contribution in [2.45, 2.75) is 45.1 Å². The Labute approximate surface area is 167 Å². The first-order chi connectivity index (χ1) is 13.7. The number of ether oxygens (including phenoxy) is 1. The Bertz CT molecular complexity index is 681. The van der Waals surface area contributed by atoms with Crippen LogP contribution < -0.4 is 15.5 Å². The van der Waals surface area contributed by atoms with Gasteiger partial charge in [0.2, 0.25) is 0 Å². The van der Waals surface area contributed by atoms with E-state index >= 15 is 0 Å². The molecule has 0 atom stereocenters. The number of hydrogen-bond donors (Lipinski definition) is 2. The van der Waals surface area contributed by atoms with Gasteiger partial charge in [-0.05, 0) is 67.8 Å². The SMILES string of the molecule is O=C(NCc1cccnc1N1CCOCC1)NCC12CC3CC(CC(C3)C1)C2. The first-order valence-electron chi connectivity index (χ1n) is 11.0. The monoisotopic (exact) mass is 384 g/mol. The lowest BCUT2D eigenvalue weighted by molar-refractivity contribution is -0.0498. The second kappa shape index (κ2) is 7.54. The molecule has 1 saturated heterocycles. The van der Waals surface area contributed by atoms with Gasteiger partial charge < -0.3 is 20.3 Å². The average Bonchev–Trinajstić information content (AvgIpc) is 2.71.